The van der Waals surface area contributed by atoms with E-state index in [0.717, 1.165) is 25.3 Å². The van der Waals surface area contributed by atoms with Crippen LogP contribution < -0.4 is 0 Å². The number of nitrogens with one attached hydrogen (secondary N) is 1. The van der Waals surface area contributed by atoms with Crippen LogP contribution in [0.2, 0.25) is 0 Å². The van der Waals surface area contributed by atoms with Crippen LogP contribution in [0.15, 0.2) is 12.4 Å². The van der Waals surface area contributed by atoms with E-state index in [9.17, 15) is 5.11 Å². The Bertz CT molecular complexity index is 255. The molecule has 1 aliphatic rings. The Morgan fingerprint density at radius 3 is 3.29 bits per heavy atom. The lowest BCUT2D eigenvalue weighted by molar-refractivity contribution is -0.00907. The van der Waals surface area contributed by atoms with Crippen molar-refractivity contribution >= 4 is 0 Å². The molecule has 4 heteroatoms. The van der Waals surface area contributed by atoms with Crippen molar-refractivity contribution in [3.8, 4) is 0 Å². The van der Waals surface area contributed by atoms with Crippen molar-refractivity contribution in [2.45, 2.75) is 25.4 Å². The number of H-pyrrole nitrogens is 1. The van der Waals surface area contributed by atoms with Gasteiger partial charge in [-0.05, 0) is 12.8 Å². The third kappa shape index (κ3) is 2.33. The van der Waals surface area contributed by atoms with Crippen LogP contribution in [-0.4, -0.2) is 34.4 Å². The molecule has 2 heterocycles. The first-order valence-electron chi connectivity index (χ1n) is 5.10. The van der Waals surface area contributed by atoms with E-state index in [1.165, 1.54) is 0 Å². The molecule has 0 radical (unpaired) electrons. The number of hydrogen-bond donors (Lipinski definition) is 2. The molecule has 14 heavy (non-hydrogen) atoms. The Balaban J connectivity index is 1.85. The molecule has 2 N–H and O–H groups in total. The molecular weight excluding hydrogens is 180 g/mol. The van der Waals surface area contributed by atoms with E-state index < -0.39 is 0 Å². The summed E-state index contributed by atoms with van der Waals surface area (Å²) in [5.41, 5.74) is 0. The van der Waals surface area contributed by atoms with Gasteiger partial charge in [0, 0.05) is 31.3 Å². The first-order valence-corrected chi connectivity index (χ1v) is 5.10. The third-order valence-corrected chi connectivity index (χ3v) is 2.70. The van der Waals surface area contributed by atoms with Crippen LogP contribution >= 0.6 is 0 Å². The number of nitrogens with zero attached hydrogens (tertiary/aromatic N) is 1. The molecule has 0 aromatic carbocycles. The highest BCUT2D eigenvalue weighted by atomic mass is 16.5. The number of aliphatic hydroxyl groups is 1. The highest BCUT2D eigenvalue weighted by Gasteiger charge is 2.22. The average molecular weight is 196 g/mol. The molecule has 1 fully saturated rings. The monoisotopic (exact) mass is 196 g/mol. The number of aromatic amines is 1. The Morgan fingerprint density at radius 2 is 2.64 bits per heavy atom. The van der Waals surface area contributed by atoms with Gasteiger partial charge in [0.1, 0.15) is 5.82 Å². The van der Waals surface area contributed by atoms with Crippen molar-refractivity contribution < 1.29 is 9.84 Å². The quantitative estimate of drug-likeness (QED) is 0.749. The third-order valence-electron chi connectivity index (χ3n) is 2.70. The first-order chi connectivity index (χ1) is 6.86. The summed E-state index contributed by atoms with van der Waals surface area (Å²) in [6.07, 6.45) is 5.86. The van der Waals surface area contributed by atoms with Crippen LogP contribution in [0.3, 0.4) is 0 Å². The van der Waals surface area contributed by atoms with Crippen molar-refractivity contribution in [3.05, 3.63) is 18.2 Å². The van der Waals surface area contributed by atoms with Crippen LogP contribution in [-0.2, 0) is 11.2 Å². The second kappa shape index (κ2) is 4.57. The molecule has 1 aliphatic heterocycles. The highest BCUT2D eigenvalue weighted by molar-refractivity contribution is 4.90. The summed E-state index contributed by atoms with van der Waals surface area (Å²) >= 11 is 0. The van der Waals surface area contributed by atoms with Crippen molar-refractivity contribution in [2.24, 2.45) is 5.92 Å². The maximum absolute atomic E-state index is 9.91. The predicted octanol–water partition coefficient (Wildman–Crippen LogP) is 0.740. The summed E-state index contributed by atoms with van der Waals surface area (Å²) in [7, 11) is 0. The molecule has 2 rings (SSSR count). The Labute approximate surface area is 83.3 Å². The fourth-order valence-corrected chi connectivity index (χ4v) is 1.84. The SMILES string of the molecule is OC(Cc1ncc[nH]1)C1CCCOC1. The van der Waals surface area contributed by atoms with Gasteiger partial charge in [0.15, 0.2) is 0 Å². The standard InChI is InChI=1S/C10H16N2O2/c13-9(6-10-11-3-4-12-10)8-2-1-5-14-7-8/h3-4,8-9,13H,1-2,5-7H2,(H,11,12). The van der Waals surface area contributed by atoms with Crippen LogP contribution in [0.4, 0.5) is 0 Å². The summed E-state index contributed by atoms with van der Waals surface area (Å²) in [5.74, 6) is 1.12. The second-order valence-electron chi connectivity index (χ2n) is 3.78. The number of hydrogen-bond acceptors (Lipinski definition) is 3. The van der Waals surface area contributed by atoms with Crippen LogP contribution in [0.25, 0.3) is 0 Å². The largest absolute Gasteiger partial charge is 0.392 e. The minimum Gasteiger partial charge on any atom is -0.392 e. The highest BCUT2D eigenvalue weighted by Crippen LogP contribution is 2.19. The van der Waals surface area contributed by atoms with Crippen molar-refractivity contribution in [1.82, 2.24) is 9.97 Å². The van der Waals surface area contributed by atoms with Gasteiger partial charge < -0.3 is 14.8 Å². The summed E-state index contributed by atoms with van der Waals surface area (Å²) in [4.78, 5) is 7.09. The number of aromatic nitrogens is 2. The number of ether oxygens (including phenoxy) is 1. The molecule has 2 unspecified atom stereocenters. The van der Waals surface area contributed by atoms with Crippen molar-refractivity contribution in [3.63, 3.8) is 0 Å². The second-order valence-corrected chi connectivity index (χ2v) is 3.78. The van der Waals surface area contributed by atoms with E-state index >= 15 is 0 Å². The summed E-state index contributed by atoms with van der Waals surface area (Å²) in [6, 6.07) is 0. The first kappa shape index (κ1) is 9.68. The molecule has 1 saturated heterocycles. The number of aliphatic hydroxyl groups excluding tert-OH is 1. The van der Waals surface area contributed by atoms with E-state index in [2.05, 4.69) is 9.97 Å². The van der Waals surface area contributed by atoms with Gasteiger partial charge >= 0.3 is 0 Å². The predicted molar refractivity (Wildman–Crippen MR) is 51.8 cm³/mol. The van der Waals surface area contributed by atoms with Gasteiger partial charge in [-0.3, -0.25) is 0 Å². The summed E-state index contributed by atoms with van der Waals surface area (Å²) in [5, 5.41) is 9.91. The Kier molecular flexibility index (Phi) is 3.16. The number of imidazole rings is 1. The van der Waals surface area contributed by atoms with Crippen LogP contribution in [0.1, 0.15) is 18.7 Å². The zero-order valence-corrected chi connectivity index (χ0v) is 8.15. The number of rotatable bonds is 3. The molecule has 0 spiro atoms. The Morgan fingerprint density at radius 1 is 1.71 bits per heavy atom. The van der Waals surface area contributed by atoms with E-state index in [1.54, 1.807) is 12.4 Å². The minimum absolute atomic E-state index is 0.272. The van der Waals surface area contributed by atoms with Gasteiger partial charge in [-0.15, -0.1) is 0 Å². The van der Waals surface area contributed by atoms with E-state index in [1.807, 2.05) is 0 Å². The van der Waals surface area contributed by atoms with E-state index in [0.29, 0.717) is 13.0 Å². The summed E-state index contributed by atoms with van der Waals surface area (Å²) in [6.45, 7) is 1.52. The molecule has 4 nitrogen and oxygen atoms in total. The van der Waals surface area contributed by atoms with Crippen LogP contribution in [0, 0.1) is 5.92 Å². The normalized spacial score (nSPS) is 24.8. The van der Waals surface area contributed by atoms with Crippen molar-refractivity contribution in [1.29, 1.82) is 0 Å². The van der Waals surface area contributed by atoms with Crippen molar-refractivity contribution in [2.75, 3.05) is 13.2 Å². The van der Waals surface area contributed by atoms with Gasteiger partial charge in [0.05, 0.1) is 12.7 Å². The zero-order valence-electron chi connectivity index (χ0n) is 8.15. The fourth-order valence-electron chi connectivity index (χ4n) is 1.84. The molecule has 0 amide bonds. The topological polar surface area (TPSA) is 58.1 Å². The van der Waals surface area contributed by atoms with E-state index in [4.69, 9.17) is 4.74 Å². The van der Waals surface area contributed by atoms with Gasteiger partial charge in [-0.2, -0.15) is 0 Å². The molecule has 0 saturated carbocycles. The summed E-state index contributed by atoms with van der Waals surface area (Å²) < 4.78 is 5.33. The van der Waals surface area contributed by atoms with Crippen LogP contribution in [0.5, 0.6) is 0 Å². The zero-order chi connectivity index (χ0) is 9.80. The fraction of sp³-hybridized carbons (Fsp3) is 0.700. The molecule has 78 valence electrons. The van der Waals surface area contributed by atoms with Gasteiger partial charge in [-0.25, -0.2) is 4.98 Å². The molecule has 1 aromatic heterocycles. The minimum atomic E-state index is -0.332. The smallest absolute Gasteiger partial charge is 0.108 e. The lowest BCUT2D eigenvalue weighted by Gasteiger charge is -2.26. The molecule has 2 atom stereocenters. The molecule has 0 aliphatic carbocycles. The molecule has 0 bridgehead atoms. The molecule has 1 aromatic rings. The lowest BCUT2D eigenvalue weighted by Crippen LogP contribution is -2.30. The maximum Gasteiger partial charge on any atom is 0.108 e. The lowest BCUT2D eigenvalue weighted by atomic mass is 9.94. The maximum atomic E-state index is 9.91. The molecular formula is C10H16N2O2. The van der Waals surface area contributed by atoms with E-state index in [-0.39, 0.29) is 12.0 Å². The van der Waals surface area contributed by atoms with Gasteiger partial charge in [0.25, 0.3) is 0 Å². The van der Waals surface area contributed by atoms with Gasteiger partial charge in [-0.1, -0.05) is 0 Å². The Hall–Kier alpha value is -0.870. The van der Waals surface area contributed by atoms with Gasteiger partial charge in [0.2, 0.25) is 0 Å². The average Bonchev–Trinajstić information content (AvgIpc) is 2.72.